The van der Waals surface area contributed by atoms with Gasteiger partial charge in [0.05, 0.1) is 0 Å². The molecule has 1 aliphatic carbocycles. The van der Waals surface area contributed by atoms with Gasteiger partial charge in [0.15, 0.2) is 0 Å². The van der Waals surface area contributed by atoms with Gasteiger partial charge in [0.25, 0.3) is 0 Å². The molecule has 0 aromatic rings. The Bertz CT molecular complexity index is 137. The van der Waals surface area contributed by atoms with Gasteiger partial charge in [0, 0.05) is 0 Å². The Morgan fingerprint density at radius 2 is 1.90 bits per heavy atom. The first-order chi connectivity index (χ1) is 4.15. The van der Waals surface area contributed by atoms with E-state index in [2.05, 4.69) is 0 Å². The molecule has 0 aromatic heterocycles. The van der Waals surface area contributed by atoms with Gasteiger partial charge in [-0.3, -0.25) is 4.79 Å². The summed E-state index contributed by atoms with van der Waals surface area (Å²) in [5, 5.41) is 8.55. The van der Waals surface area contributed by atoms with Gasteiger partial charge in [-0.2, -0.15) is 0 Å². The van der Waals surface area contributed by atoms with Crippen molar-refractivity contribution in [2.24, 2.45) is 5.73 Å². The maximum atomic E-state index is 10.4. The van der Waals surface area contributed by atoms with Crippen LogP contribution in [-0.4, -0.2) is 16.6 Å². The Hall–Kier alpha value is 1.07. The molecule has 1 fully saturated rings. The zero-order chi connectivity index (χ0) is 6.91. The first-order valence-electron chi connectivity index (χ1n) is 3.17. The molecule has 0 unspecified atom stereocenters. The van der Waals surface area contributed by atoms with Gasteiger partial charge < -0.3 is 12.3 Å². The summed E-state index contributed by atoms with van der Waals surface area (Å²) >= 11 is 0. The van der Waals surface area contributed by atoms with Crippen LogP contribution < -0.4 is 57.1 Å². The van der Waals surface area contributed by atoms with Crippen LogP contribution in [0.5, 0.6) is 0 Å². The van der Waals surface area contributed by atoms with E-state index in [0.29, 0.717) is 12.8 Å². The van der Waals surface area contributed by atoms with Crippen LogP contribution in [0.25, 0.3) is 0 Å². The van der Waals surface area contributed by atoms with Crippen LogP contribution in [0.4, 0.5) is 0 Å². The first kappa shape index (κ1) is 11.1. The van der Waals surface area contributed by atoms with Gasteiger partial charge in [-0.1, -0.05) is 12.8 Å². The molecular weight excluding hydrogens is 157 g/mol. The SMILES string of the molecule is NC1(C(=O)O)CCCC1.[H-].[K+]. The predicted octanol–water partition coefficient (Wildman–Crippen LogP) is -2.54. The van der Waals surface area contributed by atoms with Crippen molar-refractivity contribution in [3.63, 3.8) is 0 Å². The molecule has 0 spiro atoms. The number of aliphatic carboxylic acids is 1. The Balaban J connectivity index is 0. The van der Waals surface area contributed by atoms with Crippen molar-refractivity contribution in [3.05, 3.63) is 0 Å². The average Bonchev–Trinajstić information content (AvgIpc) is 2.16. The minimum atomic E-state index is -0.889. The average molecular weight is 169 g/mol. The van der Waals surface area contributed by atoms with Gasteiger partial charge in [-0.05, 0) is 12.8 Å². The summed E-state index contributed by atoms with van der Waals surface area (Å²) in [5.74, 6) is -0.847. The number of carboxylic acids is 1. The molecule has 10 heavy (non-hydrogen) atoms. The Morgan fingerprint density at radius 1 is 1.50 bits per heavy atom. The summed E-state index contributed by atoms with van der Waals surface area (Å²) in [6.45, 7) is 0. The molecule has 3 N–H and O–H groups in total. The van der Waals surface area contributed by atoms with Gasteiger partial charge in [-0.15, -0.1) is 0 Å². The second kappa shape index (κ2) is 4.18. The van der Waals surface area contributed by atoms with E-state index in [9.17, 15) is 4.79 Å². The zero-order valence-electron chi connectivity index (χ0n) is 7.26. The molecule has 0 amide bonds. The molecule has 0 heterocycles. The fourth-order valence-electron chi connectivity index (χ4n) is 1.22. The zero-order valence-corrected chi connectivity index (χ0v) is 9.38. The smallest absolute Gasteiger partial charge is 1.00 e. The van der Waals surface area contributed by atoms with Crippen LogP contribution in [0.1, 0.15) is 27.1 Å². The molecule has 0 atom stereocenters. The quantitative estimate of drug-likeness (QED) is 0.425. The van der Waals surface area contributed by atoms with Crippen molar-refractivity contribution in [2.75, 3.05) is 0 Å². The Kier molecular flexibility index (Phi) is 4.63. The molecule has 1 saturated carbocycles. The summed E-state index contributed by atoms with van der Waals surface area (Å²) in [7, 11) is 0. The number of rotatable bonds is 1. The molecule has 1 rings (SSSR count). The van der Waals surface area contributed by atoms with Crippen LogP contribution in [-0.2, 0) is 4.79 Å². The monoisotopic (exact) mass is 169 g/mol. The molecule has 54 valence electrons. The standard InChI is InChI=1S/C6H11NO2.K.H/c7-6(5(8)9)3-1-2-4-6;;/h1-4,7H2,(H,8,9);;/q;+1;-1. The van der Waals surface area contributed by atoms with E-state index in [1.807, 2.05) is 0 Å². The number of hydrogen-bond donors (Lipinski definition) is 2. The van der Waals surface area contributed by atoms with Crippen molar-refractivity contribution in [2.45, 2.75) is 31.2 Å². The summed E-state index contributed by atoms with van der Waals surface area (Å²) in [4.78, 5) is 10.4. The summed E-state index contributed by atoms with van der Waals surface area (Å²) < 4.78 is 0. The second-order valence-corrected chi connectivity index (χ2v) is 2.67. The third kappa shape index (κ3) is 2.29. The number of hydrogen-bond acceptors (Lipinski definition) is 2. The first-order valence-corrected chi connectivity index (χ1v) is 3.17. The van der Waals surface area contributed by atoms with Crippen molar-refractivity contribution in [3.8, 4) is 0 Å². The third-order valence-corrected chi connectivity index (χ3v) is 1.92. The van der Waals surface area contributed by atoms with Crippen LogP contribution in [0, 0.1) is 0 Å². The molecule has 4 heteroatoms. The number of carboxylic acid groups (broad SMARTS) is 1. The molecule has 0 aromatic carbocycles. The maximum absolute atomic E-state index is 10.4. The van der Waals surface area contributed by atoms with E-state index in [1.165, 1.54) is 0 Å². The molecule has 0 bridgehead atoms. The predicted molar refractivity (Wildman–Crippen MR) is 34.1 cm³/mol. The van der Waals surface area contributed by atoms with Crippen LogP contribution in [0.3, 0.4) is 0 Å². The fraction of sp³-hybridized carbons (Fsp3) is 0.833. The van der Waals surface area contributed by atoms with Crippen LogP contribution >= 0.6 is 0 Å². The minimum Gasteiger partial charge on any atom is -1.00 e. The molecular formula is C6H12KNO2. The molecule has 0 radical (unpaired) electrons. The molecule has 3 nitrogen and oxygen atoms in total. The third-order valence-electron chi connectivity index (χ3n) is 1.92. The fourth-order valence-corrected chi connectivity index (χ4v) is 1.22. The number of nitrogens with two attached hydrogens (primary N) is 1. The summed E-state index contributed by atoms with van der Waals surface area (Å²) in [6.07, 6.45) is 3.20. The normalized spacial score (nSPS) is 21.7. The molecule has 0 saturated heterocycles. The minimum absolute atomic E-state index is 0. The van der Waals surface area contributed by atoms with E-state index in [0.717, 1.165) is 12.8 Å². The van der Waals surface area contributed by atoms with Crippen molar-refractivity contribution < 1.29 is 62.7 Å². The second-order valence-electron chi connectivity index (χ2n) is 2.67. The Labute approximate surface area is 104 Å². The summed E-state index contributed by atoms with van der Waals surface area (Å²) in [6, 6.07) is 0. The van der Waals surface area contributed by atoms with Gasteiger partial charge >= 0.3 is 57.4 Å². The summed E-state index contributed by atoms with van der Waals surface area (Å²) in [5.41, 5.74) is 4.61. The molecule has 1 aliphatic rings. The van der Waals surface area contributed by atoms with E-state index in [4.69, 9.17) is 10.8 Å². The molecule has 0 aliphatic heterocycles. The maximum Gasteiger partial charge on any atom is 1.00 e. The van der Waals surface area contributed by atoms with Gasteiger partial charge in [-0.25, -0.2) is 0 Å². The van der Waals surface area contributed by atoms with E-state index < -0.39 is 11.5 Å². The van der Waals surface area contributed by atoms with E-state index >= 15 is 0 Å². The Morgan fingerprint density at radius 3 is 2.10 bits per heavy atom. The largest absolute Gasteiger partial charge is 1.00 e. The van der Waals surface area contributed by atoms with Crippen molar-refractivity contribution in [1.82, 2.24) is 0 Å². The topological polar surface area (TPSA) is 63.3 Å². The van der Waals surface area contributed by atoms with Gasteiger partial charge in [0.2, 0.25) is 0 Å². The van der Waals surface area contributed by atoms with Gasteiger partial charge in [0.1, 0.15) is 5.54 Å². The van der Waals surface area contributed by atoms with Crippen LogP contribution in [0.2, 0.25) is 0 Å². The van der Waals surface area contributed by atoms with Crippen molar-refractivity contribution >= 4 is 5.97 Å². The number of carbonyl (C=O) groups is 1. The van der Waals surface area contributed by atoms with E-state index in [1.54, 1.807) is 0 Å². The van der Waals surface area contributed by atoms with Crippen molar-refractivity contribution in [1.29, 1.82) is 0 Å². The van der Waals surface area contributed by atoms with E-state index in [-0.39, 0.29) is 52.8 Å². The van der Waals surface area contributed by atoms with Crippen LogP contribution in [0.15, 0.2) is 0 Å².